The van der Waals surface area contributed by atoms with E-state index in [4.69, 9.17) is 12.2 Å². The van der Waals surface area contributed by atoms with Gasteiger partial charge in [-0.3, -0.25) is 4.79 Å². The van der Waals surface area contributed by atoms with Crippen LogP contribution in [0.3, 0.4) is 0 Å². The Morgan fingerprint density at radius 2 is 2.24 bits per heavy atom. The summed E-state index contributed by atoms with van der Waals surface area (Å²) in [6, 6.07) is 0.487. The fourth-order valence-electron chi connectivity index (χ4n) is 2.59. The van der Waals surface area contributed by atoms with Crippen LogP contribution in [0.5, 0.6) is 0 Å². The van der Waals surface area contributed by atoms with Crippen LogP contribution in [0.2, 0.25) is 0 Å². The van der Waals surface area contributed by atoms with E-state index >= 15 is 0 Å². The van der Waals surface area contributed by atoms with Gasteiger partial charge in [-0.05, 0) is 31.0 Å². The van der Waals surface area contributed by atoms with E-state index < -0.39 is 0 Å². The van der Waals surface area contributed by atoms with Gasteiger partial charge in [-0.2, -0.15) is 0 Å². The lowest BCUT2D eigenvalue weighted by molar-refractivity contribution is -0.122. The molecule has 96 valence electrons. The second kappa shape index (κ2) is 5.67. The molecule has 1 aliphatic carbocycles. The lowest BCUT2D eigenvalue weighted by atomic mass is 9.86. The maximum absolute atomic E-state index is 11.3. The predicted octanol–water partition coefficient (Wildman–Crippen LogP) is 0.871. The zero-order valence-corrected chi connectivity index (χ0v) is 11.2. The van der Waals surface area contributed by atoms with Gasteiger partial charge in [-0.1, -0.05) is 19.8 Å². The lowest BCUT2D eigenvalue weighted by Crippen LogP contribution is -2.55. The summed E-state index contributed by atoms with van der Waals surface area (Å²) in [5, 5.41) is 7.00. The van der Waals surface area contributed by atoms with E-state index in [9.17, 15) is 4.79 Å². The number of carbonyl (C=O) groups excluding carboxylic acids is 1. The second-order valence-corrected chi connectivity index (χ2v) is 5.48. The third-order valence-electron chi connectivity index (χ3n) is 3.75. The summed E-state index contributed by atoms with van der Waals surface area (Å²) >= 11 is 5.40. The molecule has 1 saturated heterocycles. The highest BCUT2D eigenvalue weighted by Crippen LogP contribution is 2.23. The minimum Gasteiger partial charge on any atom is -0.360 e. The molecule has 1 amide bonds. The quantitative estimate of drug-likeness (QED) is 0.683. The van der Waals surface area contributed by atoms with Gasteiger partial charge in [0.15, 0.2) is 5.11 Å². The van der Waals surface area contributed by atoms with E-state index in [0.29, 0.717) is 25.0 Å². The van der Waals surface area contributed by atoms with Crippen LogP contribution in [0.4, 0.5) is 0 Å². The molecule has 2 aliphatic rings. The molecule has 0 unspecified atom stereocenters. The number of amides is 1. The van der Waals surface area contributed by atoms with Crippen molar-refractivity contribution in [3.8, 4) is 0 Å². The van der Waals surface area contributed by atoms with Crippen molar-refractivity contribution in [3.63, 3.8) is 0 Å². The Labute approximate surface area is 108 Å². The zero-order chi connectivity index (χ0) is 12.3. The van der Waals surface area contributed by atoms with Gasteiger partial charge in [0.05, 0.1) is 6.54 Å². The maximum atomic E-state index is 11.3. The molecule has 0 bridgehead atoms. The molecule has 2 rings (SSSR count). The Hall–Kier alpha value is -0.840. The number of piperazine rings is 1. The Bertz CT molecular complexity index is 308. The highest BCUT2D eigenvalue weighted by molar-refractivity contribution is 7.80. The van der Waals surface area contributed by atoms with Gasteiger partial charge in [0.2, 0.25) is 5.91 Å². The molecule has 0 aromatic rings. The summed E-state index contributed by atoms with van der Waals surface area (Å²) in [4.78, 5) is 13.3. The monoisotopic (exact) mass is 255 g/mol. The molecule has 0 spiro atoms. The van der Waals surface area contributed by atoms with Crippen molar-refractivity contribution in [2.75, 3.05) is 19.6 Å². The van der Waals surface area contributed by atoms with Crippen molar-refractivity contribution < 1.29 is 4.79 Å². The van der Waals surface area contributed by atoms with Crippen LogP contribution in [0, 0.1) is 5.92 Å². The normalized spacial score (nSPS) is 29.7. The summed E-state index contributed by atoms with van der Waals surface area (Å²) in [6.45, 7) is 4.19. The van der Waals surface area contributed by atoms with Crippen LogP contribution in [0.1, 0.15) is 32.6 Å². The number of thiocarbonyl (C=S) groups is 1. The molecule has 2 N–H and O–H groups in total. The Morgan fingerprint density at radius 3 is 2.94 bits per heavy atom. The van der Waals surface area contributed by atoms with Crippen molar-refractivity contribution in [2.24, 2.45) is 5.92 Å². The number of nitrogens with zero attached hydrogens (tertiary/aromatic N) is 1. The van der Waals surface area contributed by atoms with Crippen molar-refractivity contribution in [1.82, 2.24) is 15.5 Å². The summed E-state index contributed by atoms with van der Waals surface area (Å²) in [5.41, 5.74) is 0. The molecule has 17 heavy (non-hydrogen) atoms. The fraction of sp³-hybridized carbons (Fsp3) is 0.833. The molecular formula is C12H21N3OS. The van der Waals surface area contributed by atoms with Gasteiger partial charge >= 0.3 is 0 Å². The van der Waals surface area contributed by atoms with E-state index in [1.807, 2.05) is 4.90 Å². The van der Waals surface area contributed by atoms with Crippen molar-refractivity contribution in [3.05, 3.63) is 0 Å². The van der Waals surface area contributed by atoms with E-state index in [1.54, 1.807) is 0 Å². The molecular weight excluding hydrogens is 234 g/mol. The number of hydrogen-bond acceptors (Lipinski definition) is 2. The summed E-state index contributed by atoms with van der Waals surface area (Å²) in [5.74, 6) is 0.748. The Kier molecular flexibility index (Phi) is 4.20. The average molecular weight is 255 g/mol. The third kappa shape index (κ3) is 3.31. The lowest BCUT2D eigenvalue weighted by Gasteiger charge is -2.35. The molecule has 0 aromatic carbocycles. The van der Waals surface area contributed by atoms with Crippen molar-refractivity contribution >= 4 is 23.2 Å². The van der Waals surface area contributed by atoms with E-state index in [1.165, 1.54) is 25.7 Å². The number of rotatable bonds is 1. The van der Waals surface area contributed by atoms with Crippen LogP contribution in [-0.4, -0.2) is 41.6 Å². The average Bonchev–Trinajstić information content (AvgIpc) is 2.32. The van der Waals surface area contributed by atoms with Gasteiger partial charge < -0.3 is 15.5 Å². The summed E-state index contributed by atoms with van der Waals surface area (Å²) in [6.07, 6.45) is 5.09. The third-order valence-corrected chi connectivity index (χ3v) is 4.12. The van der Waals surface area contributed by atoms with E-state index in [-0.39, 0.29) is 5.91 Å². The minimum absolute atomic E-state index is 0.0668. The highest BCUT2D eigenvalue weighted by atomic mass is 32.1. The first kappa shape index (κ1) is 12.6. The van der Waals surface area contributed by atoms with Gasteiger partial charge in [0.1, 0.15) is 0 Å². The first-order valence-electron chi connectivity index (χ1n) is 6.49. The maximum Gasteiger partial charge on any atom is 0.239 e. The largest absolute Gasteiger partial charge is 0.360 e. The first-order valence-corrected chi connectivity index (χ1v) is 6.90. The molecule has 1 heterocycles. The SMILES string of the molecule is C[C@@H]1CCCC[C@@H]1NC(=S)N1CCNC(=O)C1. The molecule has 2 fully saturated rings. The van der Waals surface area contributed by atoms with Gasteiger partial charge in [-0.15, -0.1) is 0 Å². The molecule has 4 nitrogen and oxygen atoms in total. The van der Waals surface area contributed by atoms with Crippen LogP contribution in [-0.2, 0) is 4.79 Å². The zero-order valence-electron chi connectivity index (χ0n) is 10.4. The summed E-state index contributed by atoms with van der Waals surface area (Å²) in [7, 11) is 0. The molecule has 2 atom stereocenters. The molecule has 5 heteroatoms. The van der Waals surface area contributed by atoms with Crippen LogP contribution >= 0.6 is 12.2 Å². The van der Waals surface area contributed by atoms with Gasteiger partial charge in [0.25, 0.3) is 0 Å². The van der Waals surface area contributed by atoms with Crippen molar-refractivity contribution in [1.29, 1.82) is 0 Å². The highest BCUT2D eigenvalue weighted by Gasteiger charge is 2.25. The minimum atomic E-state index is 0.0668. The van der Waals surface area contributed by atoms with Crippen molar-refractivity contribution in [2.45, 2.75) is 38.6 Å². The molecule has 1 saturated carbocycles. The van der Waals surface area contributed by atoms with Crippen LogP contribution in [0.25, 0.3) is 0 Å². The molecule has 0 aromatic heterocycles. The number of hydrogen-bond donors (Lipinski definition) is 2. The van der Waals surface area contributed by atoms with Gasteiger partial charge in [-0.25, -0.2) is 0 Å². The predicted molar refractivity (Wildman–Crippen MR) is 71.7 cm³/mol. The van der Waals surface area contributed by atoms with Crippen LogP contribution < -0.4 is 10.6 Å². The van der Waals surface area contributed by atoms with Crippen LogP contribution in [0.15, 0.2) is 0 Å². The van der Waals surface area contributed by atoms with E-state index in [0.717, 1.165) is 11.7 Å². The number of carbonyl (C=O) groups is 1. The van der Waals surface area contributed by atoms with E-state index in [2.05, 4.69) is 17.6 Å². The molecule has 1 aliphatic heterocycles. The standard InChI is InChI=1S/C12H21N3OS/c1-9-4-2-3-5-10(9)14-12(17)15-7-6-13-11(16)8-15/h9-10H,2-8H2,1H3,(H,13,16)(H,14,17)/t9-,10+/m1/s1. The number of nitrogens with one attached hydrogen (secondary N) is 2. The van der Waals surface area contributed by atoms with Gasteiger partial charge in [0, 0.05) is 19.1 Å². The first-order chi connectivity index (χ1) is 8.16. The second-order valence-electron chi connectivity index (χ2n) is 5.09. The fourth-order valence-corrected chi connectivity index (χ4v) is 2.90. The topological polar surface area (TPSA) is 44.4 Å². The Morgan fingerprint density at radius 1 is 1.47 bits per heavy atom. The summed E-state index contributed by atoms with van der Waals surface area (Å²) < 4.78 is 0. The Balaban J connectivity index is 1.85. The smallest absolute Gasteiger partial charge is 0.239 e. The molecule has 0 radical (unpaired) electrons.